The van der Waals surface area contributed by atoms with Gasteiger partial charge in [0.05, 0.1) is 6.10 Å². The van der Waals surface area contributed by atoms with Gasteiger partial charge in [-0.05, 0) is 29.3 Å². The largest absolute Gasteiger partial charge is 0.393 e. The second-order valence-corrected chi connectivity index (χ2v) is 4.22. The smallest absolute Gasteiger partial charge is 0.131 e. The lowest BCUT2D eigenvalue weighted by atomic mass is 10.3. The molecule has 0 fully saturated rings. The number of nitrogens with zero attached hydrogens (tertiary/aromatic N) is 2. The molecule has 4 nitrogen and oxygen atoms in total. The Morgan fingerprint density at radius 3 is 2.87 bits per heavy atom. The molecule has 0 bridgehead atoms. The first-order chi connectivity index (χ1) is 7.11. The van der Waals surface area contributed by atoms with Crippen molar-refractivity contribution < 1.29 is 5.11 Å². The first-order valence-corrected chi connectivity index (χ1v) is 5.86. The Hall–Kier alpha value is -0.680. The van der Waals surface area contributed by atoms with E-state index in [1.807, 2.05) is 13.0 Å². The normalized spacial score (nSPS) is 12.5. The molecule has 15 heavy (non-hydrogen) atoms. The fourth-order valence-corrected chi connectivity index (χ4v) is 1.54. The quantitative estimate of drug-likeness (QED) is 0.806. The van der Waals surface area contributed by atoms with Gasteiger partial charge in [0.1, 0.15) is 16.2 Å². The van der Waals surface area contributed by atoms with Gasteiger partial charge in [0.2, 0.25) is 0 Å². The number of nitrogens with one attached hydrogen (secondary N) is 1. The summed E-state index contributed by atoms with van der Waals surface area (Å²) in [6.45, 7) is 4.50. The average Bonchev–Trinajstić information content (AvgIpc) is 2.16. The second-order valence-electron chi connectivity index (χ2n) is 3.41. The zero-order chi connectivity index (χ0) is 11.3. The van der Waals surface area contributed by atoms with Crippen LogP contribution in [0.15, 0.2) is 10.7 Å². The molecule has 84 valence electrons. The third-order valence-electron chi connectivity index (χ3n) is 1.93. The Labute approximate surface area is 98.3 Å². The van der Waals surface area contributed by atoms with Gasteiger partial charge in [0.25, 0.3) is 0 Å². The predicted molar refractivity (Wildman–Crippen MR) is 63.9 cm³/mol. The molecule has 2 N–H and O–H groups in total. The van der Waals surface area contributed by atoms with Gasteiger partial charge >= 0.3 is 0 Å². The maximum Gasteiger partial charge on any atom is 0.131 e. The Balaban J connectivity index is 2.56. The number of aryl methyl sites for hydroxylation is 1. The van der Waals surface area contributed by atoms with E-state index >= 15 is 0 Å². The summed E-state index contributed by atoms with van der Waals surface area (Å²) in [6.07, 6.45) is 1.24. The van der Waals surface area contributed by atoms with Gasteiger partial charge in [-0.15, -0.1) is 0 Å². The van der Waals surface area contributed by atoms with Crippen LogP contribution < -0.4 is 5.32 Å². The van der Waals surface area contributed by atoms with Crippen molar-refractivity contribution in [3.63, 3.8) is 0 Å². The van der Waals surface area contributed by atoms with E-state index in [9.17, 15) is 0 Å². The second kappa shape index (κ2) is 6.02. The molecule has 0 saturated carbocycles. The molecule has 1 rings (SSSR count). The van der Waals surface area contributed by atoms with E-state index in [0.717, 1.165) is 22.7 Å². The number of aliphatic hydroxyl groups is 1. The van der Waals surface area contributed by atoms with Crippen molar-refractivity contribution in [2.24, 2.45) is 0 Å². The van der Waals surface area contributed by atoms with Gasteiger partial charge in [-0.25, -0.2) is 9.97 Å². The minimum Gasteiger partial charge on any atom is -0.393 e. The van der Waals surface area contributed by atoms with Gasteiger partial charge in [0.15, 0.2) is 0 Å². The molecule has 1 aromatic heterocycles. The Bertz CT molecular complexity index is 318. The zero-order valence-electron chi connectivity index (χ0n) is 9.00. The summed E-state index contributed by atoms with van der Waals surface area (Å²) in [7, 11) is 0. The molecular formula is C10H16BrN3O. The van der Waals surface area contributed by atoms with Crippen LogP contribution in [-0.4, -0.2) is 27.7 Å². The van der Waals surface area contributed by atoms with Gasteiger partial charge in [-0.1, -0.05) is 6.92 Å². The molecule has 0 aliphatic rings. The number of halogens is 1. The lowest BCUT2D eigenvalue weighted by Gasteiger charge is -2.08. The summed E-state index contributed by atoms with van der Waals surface area (Å²) < 4.78 is 0.786. The van der Waals surface area contributed by atoms with Crippen LogP contribution in [0.5, 0.6) is 0 Å². The highest BCUT2D eigenvalue weighted by Crippen LogP contribution is 2.12. The van der Waals surface area contributed by atoms with Crippen LogP contribution in [0.4, 0.5) is 5.82 Å². The van der Waals surface area contributed by atoms with Crippen molar-refractivity contribution in [1.29, 1.82) is 0 Å². The van der Waals surface area contributed by atoms with E-state index in [1.54, 1.807) is 6.92 Å². The average molecular weight is 274 g/mol. The number of aromatic nitrogens is 2. The molecule has 1 unspecified atom stereocenters. The summed E-state index contributed by atoms with van der Waals surface area (Å²) in [6, 6.07) is 1.83. The summed E-state index contributed by atoms with van der Waals surface area (Å²) >= 11 is 3.33. The zero-order valence-corrected chi connectivity index (χ0v) is 10.6. The molecule has 0 amide bonds. The SMILES string of the molecule is CCc1nc(Br)cc(NCCC(C)O)n1. The summed E-state index contributed by atoms with van der Waals surface area (Å²) in [5.41, 5.74) is 0. The monoisotopic (exact) mass is 273 g/mol. The van der Waals surface area contributed by atoms with E-state index in [4.69, 9.17) is 5.11 Å². The summed E-state index contributed by atoms with van der Waals surface area (Å²) in [4.78, 5) is 8.53. The molecule has 0 spiro atoms. The van der Waals surface area contributed by atoms with Crippen molar-refractivity contribution in [2.75, 3.05) is 11.9 Å². The number of anilines is 1. The Morgan fingerprint density at radius 2 is 2.27 bits per heavy atom. The van der Waals surface area contributed by atoms with Crippen molar-refractivity contribution in [2.45, 2.75) is 32.8 Å². The van der Waals surface area contributed by atoms with Gasteiger partial charge < -0.3 is 10.4 Å². The molecule has 1 aromatic rings. The van der Waals surface area contributed by atoms with Crippen molar-refractivity contribution in [3.8, 4) is 0 Å². The van der Waals surface area contributed by atoms with E-state index in [1.165, 1.54) is 0 Å². The van der Waals surface area contributed by atoms with Crippen molar-refractivity contribution in [3.05, 3.63) is 16.5 Å². The van der Waals surface area contributed by atoms with Crippen molar-refractivity contribution in [1.82, 2.24) is 9.97 Å². The fourth-order valence-electron chi connectivity index (χ4n) is 1.12. The first-order valence-electron chi connectivity index (χ1n) is 5.07. The minimum absolute atomic E-state index is 0.284. The van der Waals surface area contributed by atoms with Crippen LogP contribution in [0.1, 0.15) is 26.1 Å². The highest BCUT2D eigenvalue weighted by atomic mass is 79.9. The molecular weight excluding hydrogens is 258 g/mol. The van der Waals surface area contributed by atoms with Crippen LogP contribution in [-0.2, 0) is 6.42 Å². The van der Waals surface area contributed by atoms with Crippen molar-refractivity contribution >= 4 is 21.7 Å². The third kappa shape index (κ3) is 4.57. The molecule has 1 atom stereocenters. The predicted octanol–water partition coefficient (Wildman–Crippen LogP) is 1.98. The van der Waals surface area contributed by atoms with Crippen LogP contribution in [0, 0.1) is 0 Å². The molecule has 5 heteroatoms. The summed E-state index contributed by atoms with van der Waals surface area (Å²) in [5.74, 6) is 1.61. The molecule has 1 heterocycles. The van der Waals surface area contributed by atoms with Crippen LogP contribution in [0.2, 0.25) is 0 Å². The minimum atomic E-state index is -0.284. The van der Waals surface area contributed by atoms with Crippen LogP contribution in [0.3, 0.4) is 0 Å². The molecule has 0 aliphatic carbocycles. The molecule has 0 aromatic carbocycles. The van der Waals surface area contributed by atoms with E-state index in [0.29, 0.717) is 13.0 Å². The summed E-state index contributed by atoms with van der Waals surface area (Å²) in [5, 5.41) is 12.3. The highest BCUT2D eigenvalue weighted by molar-refractivity contribution is 9.10. The topological polar surface area (TPSA) is 58.0 Å². The Morgan fingerprint density at radius 1 is 1.53 bits per heavy atom. The standard InChI is InChI=1S/C10H16BrN3O/c1-3-9-13-8(11)6-10(14-9)12-5-4-7(2)15/h6-7,15H,3-5H2,1-2H3,(H,12,13,14). The number of hydrogen-bond donors (Lipinski definition) is 2. The maximum atomic E-state index is 9.10. The number of aliphatic hydroxyl groups excluding tert-OH is 1. The third-order valence-corrected chi connectivity index (χ3v) is 2.33. The van der Waals surface area contributed by atoms with Gasteiger partial charge in [-0.2, -0.15) is 0 Å². The highest BCUT2D eigenvalue weighted by Gasteiger charge is 2.01. The molecule has 0 aliphatic heterocycles. The lowest BCUT2D eigenvalue weighted by Crippen LogP contribution is -2.11. The van der Waals surface area contributed by atoms with E-state index in [2.05, 4.69) is 31.2 Å². The lowest BCUT2D eigenvalue weighted by molar-refractivity contribution is 0.188. The molecule has 0 saturated heterocycles. The Kier molecular flexibility index (Phi) is 4.98. The maximum absolute atomic E-state index is 9.10. The molecule has 0 radical (unpaired) electrons. The first kappa shape index (κ1) is 12.4. The number of hydrogen-bond acceptors (Lipinski definition) is 4. The fraction of sp³-hybridized carbons (Fsp3) is 0.600. The number of rotatable bonds is 5. The van der Waals surface area contributed by atoms with E-state index in [-0.39, 0.29) is 6.10 Å². The van der Waals surface area contributed by atoms with E-state index < -0.39 is 0 Å². The van der Waals surface area contributed by atoms with Crippen LogP contribution >= 0.6 is 15.9 Å². The van der Waals surface area contributed by atoms with Gasteiger partial charge in [0, 0.05) is 19.0 Å². The van der Waals surface area contributed by atoms with Gasteiger partial charge in [-0.3, -0.25) is 0 Å². The van der Waals surface area contributed by atoms with Crippen LogP contribution in [0.25, 0.3) is 0 Å².